The second kappa shape index (κ2) is 42.1. The number of unbranched alkanes of at least 4 members (excludes halogenated alkanes) is 26. The van der Waals surface area contributed by atoms with Gasteiger partial charge in [0.2, 0.25) is 0 Å². The number of nitrogens with two attached hydrogens (primary N) is 1. The number of carbonyl (C=O) groups is 2. The van der Waals surface area contributed by atoms with Crippen molar-refractivity contribution in [1.29, 1.82) is 0 Å². The minimum absolute atomic E-state index is 0.0496. The monoisotopic (exact) mass is 800 g/mol. The first kappa shape index (κ1) is 53.5. The fraction of sp³-hybridized carbons (Fsp3) is 0.867. The quantitative estimate of drug-likeness (QED) is 0.0267. The zero-order valence-corrected chi connectivity index (χ0v) is 36.6. The van der Waals surface area contributed by atoms with Gasteiger partial charge in [0.1, 0.15) is 6.61 Å². The van der Waals surface area contributed by atoms with Crippen molar-refractivity contribution >= 4 is 19.8 Å². The summed E-state index contributed by atoms with van der Waals surface area (Å²) in [6.45, 7) is 3.67. The third-order valence-corrected chi connectivity index (χ3v) is 10.8. The van der Waals surface area contributed by atoms with E-state index in [9.17, 15) is 19.0 Å². The van der Waals surface area contributed by atoms with Crippen LogP contribution in [0.3, 0.4) is 0 Å². The van der Waals surface area contributed by atoms with Gasteiger partial charge in [-0.3, -0.25) is 18.6 Å². The van der Waals surface area contributed by atoms with Crippen molar-refractivity contribution in [2.75, 3.05) is 26.4 Å². The zero-order chi connectivity index (χ0) is 40.3. The number of esters is 2. The molecule has 0 fully saturated rings. The van der Waals surface area contributed by atoms with Gasteiger partial charge in [-0.25, -0.2) is 4.57 Å². The largest absolute Gasteiger partial charge is 0.472 e. The number of hydrogen-bond acceptors (Lipinski definition) is 8. The Kier molecular flexibility index (Phi) is 40.9. The summed E-state index contributed by atoms with van der Waals surface area (Å²) in [6, 6.07) is 0. The van der Waals surface area contributed by atoms with E-state index in [1.54, 1.807) is 0 Å². The van der Waals surface area contributed by atoms with Gasteiger partial charge in [0, 0.05) is 19.4 Å². The third-order valence-electron chi connectivity index (χ3n) is 9.81. The predicted octanol–water partition coefficient (Wildman–Crippen LogP) is 13.2. The Morgan fingerprint density at radius 1 is 0.527 bits per heavy atom. The van der Waals surface area contributed by atoms with Crippen molar-refractivity contribution in [2.45, 2.75) is 225 Å². The van der Waals surface area contributed by atoms with Gasteiger partial charge in [-0.2, -0.15) is 0 Å². The molecule has 9 nitrogen and oxygen atoms in total. The van der Waals surface area contributed by atoms with Crippen molar-refractivity contribution in [1.82, 2.24) is 0 Å². The number of phosphoric acid groups is 1. The van der Waals surface area contributed by atoms with E-state index in [0.29, 0.717) is 6.42 Å². The summed E-state index contributed by atoms with van der Waals surface area (Å²) in [5.74, 6) is -0.871. The molecule has 3 N–H and O–H groups in total. The molecule has 0 amide bonds. The minimum Gasteiger partial charge on any atom is -0.462 e. The van der Waals surface area contributed by atoms with Crippen LogP contribution in [-0.2, 0) is 32.7 Å². The SMILES string of the molecule is CCCC/C=C/CCCCCCCC(=O)OC[C@H](COP(=O)(O)OCCN)OC(=O)CCC/C=C/CCCCCCCCCCCCCCCCCCCC. The fourth-order valence-electron chi connectivity index (χ4n) is 6.39. The Bertz CT molecular complexity index is 959. The van der Waals surface area contributed by atoms with Gasteiger partial charge in [-0.1, -0.05) is 179 Å². The van der Waals surface area contributed by atoms with Crippen LogP contribution in [0.25, 0.3) is 0 Å². The number of phosphoric ester groups is 1. The second-order valence-corrected chi connectivity index (χ2v) is 16.7. The van der Waals surface area contributed by atoms with E-state index >= 15 is 0 Å². The summed E-state index contributed by atoms with van der Waals surface area (Å²) >= 11 is 0. The van der Waals surface area contributed by atoms with Crippen LogP contribution in [-0.4, -0.2) is 49.3 Å². The number of hydrogen-bond donors (Lipinski definition) is 2. The fourth-order valence-corrected chi connectivity index (χ4v) is 7.15. The molecule has 55 heavy (non-hydrogen) atoms. The van der Waals surface area contributed by atoms with E-state index in [-0.39, 0.29) is 32.6 Å². The molecule has 1 unspecified atom stereocenters. The first-order chi connectivity index (χ1) is 26.8. The second-order valence-electron chi connectivity index (χ2n) is 15.3. The van der Waals surface area contributed by atoms with Gasteiger partial charge < -0.3 is 20.1 Å². The first-order valence-electron chi connectivity index (χ1n) is 22.8. The van der Waals surface area contributed by atoms with Crippen LogP contribution >= 0.6 is 7.82 Å². The molecule has 0 aromatic rings. The van der Waals surface area contributed by atoms with Crippen LogP contribution in [0.2, 0.25) is 0 Å². The summed E-state index contributed by atoms with van der Waals surface area (Å²) in [6.07, 6.45) is 45.2. The summed E-state index contributed by atoms with van der Waals surface area (Å²) in [5.41, 5.74) is 5.34. The van der Waals surface area contributed by atoms with E-state index in [1.807, 2.05) is 0 Å². The standard InChI is InChI=1S/C45H86NO8P/c1-3-5-7-9-11-13-15-16-17-18-19-20-21-22-23-24-25-26-28-30-32-34-36-38-45(48)54-43(42-53-55(49,50)52-40-39-46)41-51-44(47)37-35-33-31-29-27-14-12-10-8-6-4-2/h10,12,30,32,43H,3-9,11,13-29,31,33-42,46H2,1-2H3,(H,49,50)/b12-10+,32-30+/t43-/m1/s1. The normalized spacial score (nSPS) is 13.5. The van der Waals surface area contributed by atoms with Gasteiger partial charge in [0.05, 0.1) is 13.2 Å². The summed E-state index contributed by atoms with van der Waals surface area (Å²) in [5, 5.41) is 0. The van der Waals surface area contributed by atoms with Crippen molar-refractivity contribution in [3.05, 3.63) is 24.3 Å². The molecule has 0 aliphatic rings. The molecule has 0 saturated carbocycles. The lowest BCUT2D eigenvalue weighted by atomic mass is 10.0. The highest BCUT2D eigenvalue weighted by Crippen LogP contribution is 2.43. The van der Waals surface area contributed by atoms with Crippen molar-refractivity contribution < 1.29 is 37.6 Å². The van der Waals surface area contributed by atoms with Crippen molar-refractivity contribution in [3.63, 3.8) is 0 Å². The molecule has 0 aromatic heterocycles. The number of allylic oxidation sites excluding steroid dienone is 4. The molecule has 0 aliphatic heterocycles. The Balaban J connectivity index is 4.06. The smallest absolute Gasteiger partial charge is 0.462 e. The number of carbonyl (C=O) groups excluding carboxylic acids is 2. The molecule has 10 heteroatoms. The minimum atomic E-state index is -4.38. The predicted molar refractivity (Wildman–Crippen MR) is 229 cm³/mol. The Morgan fingerprint density at radius 2 is 0.927 bits per heavy atom. The van der Waals surface area contributed by atoms with E-state index < -0.39 is 32.5 Å². The molecular formula is C45H86NO8P. The molecule has 0 heterocycles. The molecule has 0 aliphatic carbocycles. The molecule has 324 valence electrons. The molecule has 0 radical (unpaired) electrons. The highest BCUT2D eigenvalue weighted by molar-refractivity contribution is 7.47. The average molecular weight is 800 g/mol. The van der Waals surface area contributed by atoms with Crippen LogP contribution < -0.4 is 5.73 Å². The molecule has 0 bridgehead atoms. The first-order valence-corrected chi connectivity index (χ1v) is 24.3. The highest BCUT2D eigenvalue weighted by atomic mass is 31.2. The van der Waals surface area contributed by atoms with Crippen LogP contribution in [0.4, 0.5) is 0 Å². The third kappa shape index (κ3) is 41.9. The number of ether oxygens (including phenoxy) is 2. The van der Waals surface area contributed by atoms with E-state index in [4.69, 9.17) is 24.3 Å². The molecule has 0 aromatic carbocycles. The average Bonchev–Trinajstić information content (AvgIpc) is 3.17. The lowest BCUT2D eigenvalue weighted by molar-refractivity contribution is -0.161. The van der Waals surface area contributed by atoms with Crippen molar-refractivity contribution in [2.24, 2.45) is 5.73 Å². The Hall–Kier alpha value is -1.51. The van der Waals surface area contributed by atoms with E-state index in [0.717, 1.165) is 57.8 Å². The van der Waals surface area contributed by atoms with Crippen LogP contribution in [0.1, 0.15) is 219 Å². The summed E-state index contributed by atoms with van der Waals surface area (Å²) < 4.78 is 32.7. The van der Waals surface area contributed by atoms with Gasteiger partial charge in [0.15, 0.2) is 6.10 Å². The van der Waals surface area contributed by atoms with Crippen LogP contribution in [0, 0.1) is 0 Å². The van der Waals surface area contributed by atoms with Gasteiger partial charge >= 0.3 is 19.8 Å². The highest BCUT2D eigenvalue weighted by Gasteiger charge is 2.26. The van der Waals surface area contributed by atoms with Crippen molar-refractivity contribution in [3.8, 4) is 0 Å². The molecule has 0 rings (SSSR count). The molecule has 2 atom stereocenters. The molecular weight excluding hydrogens is 713 g/mol. The summed E-state index contributed by atoms with van der Waals surface area (Å²) in [4.78, 5) is 34.8. The van der Waals surface area contributed by atoms with Gasteiger partial charge in [-0.15, -0.1) is 0 Å². The maximum atomic E-state index is 12.6. The van der Waals surface area contributed by atoms with E-state index in [2.05, 4.69) is 38.2 Å². The van der Waals surface area contributed by atoms with Crippen LogP contribution in [0.5, 0.6) is 0 Å². The zero-order valence-electron chi connectivity index (χ0n) is 35.7. The Morgan fingerprint density at radius 3 is 1.40 bits per heavy atom. The van der Waals surface area contributed by atoms with Gasteiger partial charge in [-0.05, 0) is 51.4 Å². The molecule has 0 spiro atoms. The maximum absolute atomic E-state index is 12.6. The lowest BCUT2D eigenvalue weighted by Crippen LogP contribution is -2.29. The maximum Gasteiger partial charge on any atom is 0.472 e. The van der Waals surface area contributed by atoms with E-state index in [1.165, 1.54) is 128 Å². The lowest BCUT2D eigenvalue weighted by Gasteiger charge is -2.19. The topological polar surface area (TPSA) is 134 Å². The summed E-state index contributed by atoms with van der Waals surface area (Å²) in [7, 11) is -4.38. The number of rotatable bonds is 43. The van der Waals surface area contributed by atoms with Gasteiger partial charge in [0.25, 0.3) is 0 Å². The molecule has 0 saturated heterocycles. The Labute approximate surface area is 338 Å². The van der Waals surface area contributed by atoms with Crippen LogP contribution in [0.15, 0.2) is 24.3 Å².